The van der Waals surface area contributed by atoms with E-state index in [9.17, 15) is 9.90 Å². The Hall–Kier alpha value is -0.650. The molecule has 0 amide bonds. The van der Waals surface area contributed by atoms with Crippen LogP contribution in [0, 0.1) is 5.92 Å². The quantitative estimate of drug-likeness (QED) is 0.827. The standard InChI is InChI=1S/C15H29N3O2/c1-13(2)12-17-6-4-15(5-7-17,14(19)20)18-10-8-16(3)9-11-18/h13H,4-12H2,1-3H3,(H,19,20). The summed E-state index contributed by atoms with van der Waals surface area (Å²) in [5, 5.41) is 9.80. The summed E-state index contributed by atoms with van der Waals surface area (Å²) in [5.74, 6) is 0.0298. The number of carboxylic acid groups (broad SMARTS) is 1. The van der Waals surface area contributed by atoms with Crippen molar-refractivity contribution in [3.05, 3.63) is 0 Å². The predicted octanol–water partition coefficient (Wildman–Crippen LogP) is 0.809. The lowest BCUT2D eigenvalue weighted by molar-refractivity contribution is -0.157. The van der Waals surface area contributed by atoms with Crippen molar-refractivity contribution in [3.8, 4) is 0 Å². The first-order valence-electron chi connectivity index (χ1n) is 7.83. The van der Waals surface area contributed by atoms with Crippen LogP contribution in [0.5, 0.6) is 0 Å². The van der Waals surface area contributed by atoms with Crippen LogP contribution in [0.4, 0.5) is 0 Å². The van der Waals surface area contributed by atoms with Gasteiger partial charge in [-0.3, -0.25) is 9.69 Å². The van der Waals surface area contributed by atoms with E-state index in [-0.39, 0.29) is 0 Å². The summed E-state index contributed by atoms with van der Waals surface area (Å²) >= 11 is 0. The maximum atomic E-state index is 11.9. The number of aliphatic carboxylic acids is 1. The smallest absolute Gasteiger partial charge is 0.324 e. The first kappa shape index (κ1) is 15.7. The number of rotatable bonds is 4. The molecule has 0 aliphatic carbocycles. The van der Waals surface area contributed by atoms with Gasteiger partial charge in [0.2, 0.25) is 0 Å². The Bertz CT molecular complexity index is 330. The predicted molar refractivity (Wildman–Crippen MR) is 79.9 cm³/mol. The molecule has 5 nitrogen and oxygen atoms in total. The lowest BCUT2D eigenvalue weighted by atomic mass is 9.84. The lowest BCUT2D eigenvalue weighted by Gasteiger charge is -2.48. The Kier molecular flexibility index (Phi) is 5.04. The number of piperazine rings is 1. The second-order valence-corrected chi connectivity index (χ2v) is 6.82. The molecule has 5 heteroatoms. The van der Waals surface area contributed by atoms with Crippen LogP contribution < -0.4 is 0 Å². The van der Waals surface area contributed by atoms with Gasteiger partial charge in [0.25, 0.3) is 0 Å². The topological polar surface area (TPSA) is 47.0 Å². The number of carboxylic acids is 1. The molecule has 2 saturated heterocycles. The van der Waals surface area contributed by atoms with Gasteiger partial charge in [0.05, 0.1) is 0 Å². The van der Waals surface area contributed by atoms with Crippen molar-refractivity contribution in [2.75, 3.05) is 52.9 Å². The van der Waals surface area contributed by atoms with Gasteiger partial charge >= 0.3 is 5.97 Å². The van der Waals surface area contributed by atoms with E-state index in [1.165, 1.54) is 0 Å². The van der Waals surface area contributed by atoms with E-state index in [1.54, 1.807) is 0 Å². The molecule has 0 spiro atoms. The minimum atomic E-state index is -0.619. The largest absolute Gasteiger partial charge is 0.480 e. The van der Waals surface area contributed by atoms with E-state index < -0.39 is 11.5 Å². The molecule has 0 aromatic heterocycles. The van der Waals surface area contributed by atoms with Crippen molar-refractivity contribution in [1.29, 1.82) is 0 Å². The third kappa shape index (κ3) is 3.32. The van der Waals surface area contributed by atoms with E-state index >= 15 is 0 Å². The van der Waals surface area contributed by atoms with Crippen LogP contribution in [0.2, 0.25) is 0 Å². The second-order valence-electron chi connectivity index (χ2n) is 6.82. The Labute approximate surface area is 122 Å². The van der Waals surface area contributed by atoms with E-state index in [4.69, 9.17) is 0 Å². The Morgan fingerprint density at radius 3 is 2.10 bits per heavy atom. The van der Waals surface area contributed by atoms with Crippen molar-refractivity contribution in [2.45, 2.75) is 32.2 Å². The average molecular weight is 283 g/mol. The molecule has 0 aromatic rings. The number of likely N-dealkylation sites (N-methyl/N-ethyl adjacent to an activating group) is 1. The van der Waals surface area contributed by atoms with E-state index in [0.717, 1.165) is 58.7 Å². The average Bonchev–Trinajstić information content (AvgIpc) is 2.40. The summed E-state index contributed by atoms with van der Waals surface area (Å²) in [7, 11) is 2.11. The number of likely N-dealkylation sites (tertiary alicyclic amines) is 1. The molecule has 2 aliphatic heterocycles. The molecule has 0 saturated carbocycles. The zero-order chi connectivity index (χ0) is 14.8. The van der Waals surface area contributed by atoms with E-state index in [1.807, 2.05) is 0 Å². The number of carbonyl (C=O) groups is 1. The minimum absolute atomic E-state index is 0.616. The summed E-state index contributed by atoms with van der Waals surface area (Å²) in [4.78, 5) is 18.8. The molecule has 116 valence electrons. The molecule has 0 aromatic carbocycles. The number of piperidine rings is 1. The molecule has 0 atom stereocenters. The molecule has 20 heavy (non-hydrogen) atoms. The molecule has 0 unspecified atom stereocenters. The molecular formula is C15H29N3O2. The molecule has 2 fully saturated rings. The van der Waals surface area contributed by atoms with Gasteiger partial charge in [-0.25, -0.2) is 0 Å². The van der Waals surface area contributed by atoms with Gasteiger partial charge in [-0.15, -0.1) is 0 Å². The first-order chi connectivity index (χ1) is 9.44. The molecule has 0 radical (unpaired) electrons. The fourth-order valence-electron chi connectivity index (χ4n) is 3.52. The van der Waals surface area contributed by atoms with Crippen LogP contribution in [-0.4, -0.2) is 84.2 Å². The molecule has 2 aliphatic rings. The van der Waals surface area contributed by atoms with Gasteiger partial charge in [0.15, 0.2) is 0 Å². The van der Waals surface area contributed by atoms with Gasteiger partial charge in [-0.1, -0.05) is 13.8 Å². The summed E-state index contributed by atoms with van der Waals surface area (Å²) in [6, 6.07) is 0. The normalized spacial score (nSPS) is 26.0. The van der Waals surface area contributed by atoms with Crippen LogP contribution in [0.1, 0.15) is 26.7 Å². The summed E-state index contributed by atoms with van der Waals surface area (Å²) in [6.07, 6.45) is 1.53. The zero-order valence-electron chi connectivity index (χ0n) is 13.1. The summed E-state index contributed by atoms with van der Waals surface area (Å²) in [5.41, 5.74) is -0.616. The van der Waals surface area contributed by atoms with Crippen LogP contribution in [0.25, 0.3) is 0 Å². The Balaban J connectivity index is 2.00. The number of hydrogen-bond acceptors (Lipinski definition) is 4. The zero-order valence-corrected chi connectivity index (χ0v) is 13.1. The highest BCUT2D eigenvalue weighted by molar-refractivity contribution is 5.79. The maximum absolute atomic E-state index is 11.9. The second kappa shape index (κ2) is 6.41. The molecule has 2 rings (SSSR count). The van der Waals surface area contributed by atoms with Crippen molar-refractivity contribution in [2.24, 2.45) is 5.92 Å². The molecule has 2 heterocycles. The van der Waals surface area contributed by atoms with Gasteiger partial charge in [0, 0.05) is 45.8 Å². The Morgan fingerprint density at radius 2 is 1.65 bits per heavy atom. The van der Waals surface area contributed by atoms with E-state index in [2.05, 4.69) is 35.6 Å². The van der Waals surface area contributed by atoms with Crippen LogP contribution >= 0.6 is 0 Å². The first-order valence-corrected chi connectivity index (χ1v) is 7.83. The van der Waals surface area contributed by atoms with E-state index in [0.29, 0.717) is 5.92 Å². The van der Waals surface area contributed by atoms with Gasteiger partial charge in [0.1, 0.15) is 5.54 Å². The van der Waals surface area contributed by atoms with Crippen LogP contribution in [0.15, 0.2) is 0 Å². The fraction of sp³-hybridized carbons (Fsp3) is 0.933. The molecular weight excluding hydrogens is 254 g/mol. The summed E-state index contributed by atoms with van der Waals surface area (Å²) < 4.78 is 0. The third-order valence-corrected chi connectivity index (χ3v) is 4.81. The number of hydrogen-bond donors (Lipinski definition) is 1. The third-order valence-electron chi connectivity index (χ3n) is 4.81. The Morgan fingerprint density at radius 1 is 1.10 bits per heavy atom. The fourth-order valence-corrected chi connectivity index (χ4v) is 3.52. The van der Waals surface area contributed by atoms with Crippen molar-refractivity contribution >= 4 is 5.97 Å². The molecule has 1 N–H and O–H groups in total. The van der Waals surface area contributed by atoms with Gasteiger partial charge in [-0.2, -0.15) is 0 Å². The van der Waals surface area contributed by atoms with Crippen LogP contribution in [-0.2, 0) is 4.79 Å². The van der Waals surface area contributed by atoms with Crippen LogP contribution in [0.3, 0.4) is 0 Å². The lowest BCUT2D eigenvalue weighted by Crippen LogP contribution is -2.64. The van der Waals surface area contributed by atoms with Gasteiger partial charge < -0.3 is 14.9 Å². The van der Waals surface area contributed by atoms with Crippen molar-refractivity contribution in [1.82, 2.24) is 14.7 Å². The highest BCUT2D eigenvalue weighted by Crippen LogP contribution is 2.30. The highest BCUT2D eigenvalue weighted by Gasteiger charge is 2.46. The van der Waals surface area contributed by atoms with Gasteiger partial charge in [-0.05, 0) is 25.8 Å². The number of nitrogens with zero attached hydrogens (tertiary/aromatic N) is 3. The summed E-state index contributed by atoms with van der Waals surface area (Å²) in [6.45, 7) is 11.1. The van der Waals surface area contributed by atoms with Crippen molar-refractivity contribution in [3.63, 3.8) is 0 Å². The highest BCUT2D eigenvalue weighted by atomic mass is 16.4. The maximum Gasteiger partial charge on any atom is 0.324 e. The monoisotopic (exact) mass is 283 g/mol. The molecule has 0 bridgehead atoms. The minimum Gasteiger partial charge on any atom is -0.480 e. The van der Waals surface area contributed by atoms with Crippen molar-refractivity contribution < 1.29 is 9.90 Å². The SMILES string of the molecule is CC(C)CN1CCC(C(=O)O)(N2CCN(C)CC2)CC1.